The number of halogens is 1. The highest BCUT2D eigenvalue weighted by Gasteiger charge is 2.24. The third kappa shape index (κ3) is 6.84. The molecule has 1 amide bonds. The molecular weight excluding hydrogens is 393 g/mol. The molecule has 0 aromatic rings. The number of nitrogens with zero attached hydrogens (tertiary/aromatic N) is 1. The van der Waals surface area contributed by atoms with Gasteiger partial charge in [0.1, 0.15) is 0 Å². The molecule has 0 bridgehead atoms. The van der Waals surface area contributed by atoms with E-state index in [0.29, 0.717) is 31.8 Å². The van der Waals surface area contributed by atoms with E-state index in [1.165, 1.54) is 0 Å². The number of hydrogen-bond donors (Lipinski definition) is 0. The lowest BCUT2D eigenvalue weighted by molar-refractivity contribution is -0.204. The van der Waals surface area contributed by atoms with Crippen LogP contribution in [0.25, 0.3) is 0 Å². The summed E-state index contributed by atoms with van der Waals surface area (Å²) in [7, 11) is 0. The minimum absolute atomic E-state index is 0.0260. The lowest BCUT2D eigenvalue weighted by atomic mass is 10.1. The molecule has 1 fully saturated rings. The highest BCUT2D eigenvalue weighted by molar-refractivity contribution is 14.1. The van der Waals surface area contributed by atoms with Gasteiger partial charge in [-0.1, -0.05) is 42.9 Å². The van der Waals surface area contributed by atoms with E-state index in [-0.39, 0.29) is 16.1 Å². The Morgan fingerprint density at radius 3 is 2.59 bits per heavy atom. The van der Waals surface area contributed by atoms with Crippen molar-refractivity contribution < 1.29 is 14.3 Å². The molecule has 126 valence electrons. The molecule has 1 saturated heterocycles. The molecule has 0 aromatic carbocycles. The molecule has 1 unspecified atom stereocenters. The van der Waals surface area contributed by atoms with Crippen LogP contribution in [-0.4, -0.2) is 47.3 Å². The first kappa shape index (κ1) is 19.7. The standard InChI is InChI=1S/C17H28INO3/c1-4-7-10-19(17(20)15(18)8-5-2)11-9-16-21-12-14(6-3)13-22-16/h1,14-16H,5-13H2,2-3H3. The fourth-order valence-electron chi connectivity index (χ4n) is 2.35. The van der Waals surface area contributed by atoms with E-state index in [0.717, 1.165) is 32.5 Å². The van der Waals surface area contributed by atoms with Crippen molar-refractivity contribution in [1.82, 2.24) is 4.90 Å². The predicted octanol–water partition coefficient (Wildman–Crippen LogP) is 3.23. The number of carbonyl (C=O) groups is 1. The Morgan fingerprint density at radius 2 is 2.05 bits per heavy atom. The van der Waals surface area contributed by atoms with Gasteiger partial charge >= 0.3 is 0 Å². The van der Waals surface area contributed by atoms with Gasteiger partial charge in [-0.2, -0.15) is 0 Å². The normalized spacial score (nSPS) is 22.8. The molecule has 0 aromatic heterocycles. The highest BCUT2D eigenvalue weighted by atomic mass is 127. The summed E-state index contributed by atoms with van der Waals surface area (Å²) in [5, 5.41) is 0. The van der Waals surface area contributed by atoms with E-state index < -0.39 is 0 Å². The highest BCUT2D eigenvalue weighted by Crippen LogP contribution is 2.18. The third-order valence-electron chi connectivity index (χ3n) is 3.90. The Labute approximate surface area is 148 Å². The van der Waals surface area contributed by atoms with Gasteiger partial charge in [0.05, 0.1) is 17.1 Å². The van der Waals surface area contributed by atoms with Gasteiger partial charge in [0.15, 0.2) is 6.29 Å². The minimum Gasteiger partial charge on any atom is -0.352 e. The monoisotopic (exact) mass is 421 g/mol. The van der Waals surface area contributed by atoms with Crippen LogP contribution in [0.5, 0.6) is 0 Å². The summed E-state index contributed by atoms with van der Waals surface area (Å²) in [6, 6.07) is 0. The van der Waals surface area contributed by atoms with Gasteiger partial charge in [-0.25, -0.2) is 0 Å². The van der Waals surface area contributed by atoms with Crippen molar-refractivity contribution >= 4 is 28.5 Å². The fourth-order valence-corrected chi connectivity index (χ4v) is 3.37. The van der Waals surface area contributed by atoms with Gasteiger partial charge in [0, 0.05) is 31.8 Å². The number of terminal acetylenes is 1. The molecule has 1 atom stereocenters. The summed E-state index contributed by atoms with van der Waals surface area (Å²) in [4.78, 5) is 14.3. The van der Waals surface area contributed by atoms with Crippen molar-refractivity contribution in [1.29, 1.82) is 0 Å². The van der Waals surface area contributed by atoms with E-state index in [4.69, 9.17) is 15.9 Å². The average molecular weight is 421 g/mol. The van der Waals surface area contributed by atoms with E-state index in [1.54, 1.807) is 0 Å². The predicted molar refractivity (Wildman–Crippen MR) is 96.8 cm³/mol. The SMILES string of the molecule is C#CCCN(CCC1OCC(CC)CO1)C(=O)C(I)CCC. The van der Waals surface area contributed by atoms with Crippen LogP contribution in [0.3, 0.4) is 0 Å². The maximum absolute atomic E-state index is 12.5. The number of hydrogen-bond acceptors (Lipinski definition) is 3. The van der Waals surface area contributed by atoms with Crippen LogP contribution in [0.2, 0.25) is 0 Å². The zero-order valence-corrected chi connectivity index (χ0v) is 15.9. The van der Waals surface area contributed by atoms with Crippen molar-refractivity contribution in [3.8, 4) is 12.3 Å². The van der Waals surface area contributed by atoms with Gasteiger partial charge in [-0.05, 0) is 12.8 Å². The molecule has 1 heterocycles. The Kier molecular flexibility index (Phi) is 10.1. The second kappa shape index (κ2) is 11.3. The Hall–Kier alpha value is -0.320. The third-order valence-corrected chi connectivity index (χ3v) is 5.05. The smallest absolute Gasteiger partial charge is 0.235 e. The van der Waals surface area contributed by atoms with Gasteiger partial charge in [0.25, 0.3) is 0 Å². The van der Waals surface area contributed by atoms with Crippen molar-refractivity contribution in [3.05, 3.63) is 0 Å². The van der Waals surface area contributed by atoms with Gasteiger partial charge in [-0.15, -0.1) is 12.3 Å². The second-order valence-electron chi connectivity index (χ2n) is 5.69. The Morgan fingerprint density at radius 1 is 1.36 bits per heavy atom. The van der Waals surface area contributed by atoms with Gasteiger partial charge < -0.3 is 14.4 Å². The van der Waals surface area contributed by atoms with E-state index in [2.05, 4.69) is 42.4 Å². The molecule has 1 aliphatic heterocycles. The number of ether oxygens (including phenoxy) is 2. The van der Waals surface area contributed by atoms with Crippen LogP contribution >= 0.6 is 22.6 Å². The number of carbonyl (C=O) groups excluding carboxylic acids is 1. The van der Waals surface area contributed by atoms with Crippen molar-refractivity contribution in [2.45, 2.75) is 56.2 Å². The Bertz CT molecular complexity index is 361. The first-order valence-electron chi connectivity index (χ1n) is 8.21. The van der Waals surface area contributed by atoms with Crippen LogP contribution in [0.1, 0.15) is 46.0 Å². The van der Waals surface area contributed by atoms with Crippen LogP contribution in [-0.2, 0) is 14.3 Å². The maximum Gasteiger partial charge on any atom is 0.235 e. The topological polar surface area (TPSA) is 38.8 Å². The quantitative estimate of drug-likeness (QED) is 0.326. The number of amides is 1. The summed E-state index contributed by atoms with van der Waals surface area (Å²) < 4.78 is 11.5. The van der Waals surface area contributed by atoms with Crippen molar-refractivity contribution in [3.63, 3.8) is 0 Å². The molecule has 0 N–H and O–H groups in total. The lowest BCUT2D eigenvalue weighted by Gasteiger charge is -2.31. The molecule has 4 nitrogen and oxygen atoms in total. The Balaban J connectivity index is 2.44. The van der Waals surface area contributed by atoms with Crippen LogP contribution < -0.4 is 0 Å². The molecular formula is C17H28INO3. The molecule has 22 heavy (non-hydrogen) atoms. The molecule has 0 radical (unpaired) electrons. The first-order chi connectivity index (χ1) is 10.6. The van der Waals surface area contributed by atoms with Crippen LogP contribution in [0.4, 0.5) is 0 Å². The van der Waals surface area contributed by atoms with Crippen LogP contribution in [0.15, 0.2) is 0 Å². The largest absolute Gasteiger partial charge is 0.352 e. The number of alkyl halides is 1. The molecule has 1 aliphatic rings. The van der Waals surface area contributed by atoms with Gasteiger partial charge in [0.2, 0.25) is 5.91 Å². The minimum atomic E-state index is -0.192. The average Bonchev–Trinajstić information content (AvgIpc) is 2.55. The summed E-state index contributed by atoms with van der Waals surface area (Å²) in [6.45, 7) is 7.01. The number of rotatable bonds is 9. The molecule has 5 heteroatoms. The van der Waals surface area contributed by atoms with Crippen molar-refractivity contribution in [2.75, 3.05) is 26.3 Å². The summed E-state index contributed by atoms with van der Waals surface area (Å²) in [5.74, 6) is 3.30. The maximum atomic E-state index is 12.5. The zero-order valence-electron chi connectivity index (χ0n) is 13.7. The second-order valence-corrected chi connectivity index (χ2v) is 7.20. The molecule has 0 spiro atoms. The molecule has 1 rings (SSSR count). The summed E-state index contributed by atoms with van der Waals surface area (Å²) in [6.07, 6.45) is 9.44. The van der Waals surface area contributed by atoms with Gasteiger partial charge in [-0.3, -0.25) is 4.79 Å². The van der Waals surface area contributed by atoms with Crippen molar-refractivity contribution in [2.24, 2.45) is 5.92 Å². The van der Waals surface area contributed by atoms with Crippen LogP contribution in [0, 0.1) is 18.3 Å². The van der Waals surface area contributed by atoms with E-state index >= 15 is 0 Å². The first-order valence-corrected chi connectivity index (χ1v) is 9.46. The zero-order chi connectivity index (χ0) is 16.4. The fraction of sp³-hybridized carbons (Fsp3) is 0.824. The van der Waals surface area contributed by atoms with E-state index in [9.17, 15) is 4.79 Å². The molecule has 0 aliphatic carbocycles. The lowest BCUT2D eigenvalue weighted by Crippen LogP contribution is -2.40. The summed E-state index contributed by atoms with van der Waals surface area (Å²) >= 11 is 2.23. The molecule has 0 saturated carbocycles. The van der Waals surface area contributed by atoms with E-state index in [1.807, 2.05) is 4.90 Å². The summed E-state index contributed by atoms with van der Waals surface area (Å²) in [5.41, 5.74) is 0.